The predicted molar refractivity (Wildman–Crippen MR) is 78.9 cm³/mol. The summed E-state index contributed by atoms with van der Waals surface area (Å²) in [5, 5.41) is 3.22. The Kier molecular flexibility index (Phi) is 8.00. The molecule has 0 amide bonds. The molecule has 0 rings (SSSR count). The molecule has 0 aromatic heterocycles. The average Bonchev–Trinajstić information content (AvgIpc) is 2.26. The van der Waals surface area contributed by atoms with Crippen LogP contribution < -0.4 is 11.1 Å². The minimum absolute atomic E-state index is 0.257. The third-order valence-electron chi connectivity index (χ3n) is 3.00. The summed E-state index contributed by atoms with van der Waals surface area (Å²) in [5.74, 6) is 1.28. The molecule has 0 radical (unpaired) electrons. The van der Waals surface area contributed by atoms with Crippen molar-refractivity contribution in [2.75, 3.05) is 13.7 Å². The van der Waals surface area contributed by atoms with Crippen LogP contribution in [0.5, 0.6) is 0 Å². The van der Waals surface area contributed by atoms with Gasteiger partial charge in [-0.3, -0.25) is 4.99 Å². The summed E-state index contributed by atoms with van der Waals surface area (Å²) in [6.07, 6.45) is 3.62. The van der Waals surface area contributed by atoms with Gasteiger partial charge >= 0.3 is 0 Å². The van der Waals surface area contributed by atoms with Crippen LogP contribution in [0.4, 0.5) is 0 Å². The third kappa shape index (κ3) is 9.28. The highest BCUT2D eigenvalue weighted by Crippen LogP contribution is 2.09. The Balaban J connectivity index is 3.92. The second kappa shape index (κ2) is 8.35. The Morgan fingerprint density at radius 3 is 2.39 bits per heavy atom. The molecule has 4 heteroatoms. The van der Waals surface area contributed by atoms with E-state index in [1.54, 1.807) is 7.11 Å². The van der Waals surface area contributed by atoms with Gasteiger partial charge in [0.05, 0.1) is 12.1 Å². The average molecular weight is 257 g/mol. The van der Waals surface area contributed by atoms with Gasteiger partial charge in [0, 0.05) is 13.2 Å². The standard InChI is InChI=1S/C14H31N3O/c1-11(2)8-7-9-12(3)17-13(15)16-10-14(4,5)18-6/h11-12H,7-10H2,1-6H3,(H3,15,16,17). The van der Waals surface area contributed by atoms with E-state index in [4.69, 9.17) is 10.5 Å². The number of ether oxygens (including phenoxy) is 1. The molecule has 0 heterocycles. The van der Waals surface area contributed by atoms with Crippen LogP contribution in [-0.2, 0) is 4.74 Å². The number of nitrogens with zero attached hydrogens (tertiary/aromatic N) is 1. The van der Waals surface area contributed by atoms with Crippen LogP contribution in [0.25, 0.3) is 0 Å². The number of nitrogens with two attached hydrogens (primary N) is 1. The second-order valence-corrected chi connectivity index (χ2v) is 6.04. The highest BCUT2D eigenvalue weighted by molar-refractivity contribution is 5.78. The quantitative estimate of drug-likeness (QED) is 0.519. The van der Waals surface area contributed by atoms with Crippen molar-refractivity contribution < 1.29 is 4.74 Å². The molecule has 0 aliphatic carbocycles. The fourth-order valence-corrected chi connectivity index (χ4v) is 1.54. The predicted octanol–water partition coefficient (Wildman–Crippen LogP) is 2.53. The molecule has 18 heavy (non-hydrogen) atoms. The Bertz CT molecular complexity index is 249. The van der Waals surface area contributed by atoms with Crippen LogP contribution in [-0.4, -0.2) is 31.3 Å². The number of hydrogen-bond acceptors (Lipinski definition) is 2. The van der Waals surface area contributed by atoms with E-state index >= 15 is 0 Å². The van der Waals surface area contributed by atoms with E-state index in [2.05, 4.69) is 31.1 Å². The van der Waals surface area contributed by atoms with Crippen molar-refractivity contribution in [2.45, 2.75) is 65.5 Å². The largest absolute Gasteiger partial charge is 0.377 e. The summed E-state index contributed by atoms with van der Waals surface area (Å²) >= 11 is 0. The van der Waals surface area contributed by atoms with Gasteiger partial charge in [-0.2, -0.15) is 0 Å². The van der Waals surface area contributed by atoms with E-state index in [-0.39, 0.29) is 5.60 Å². The molecule has 1 atom stereocenters. The molecule has 0 saturated heterocycles. The van der Waals surface area contributed by atoms with Gasteiger partial charge in [0.2, 0.25) is 0 Å². The van der Waals surface area contributed by atoms with Gasteiger partial charge in [-0.25, -0.2) is 0 Å². The van der Waals surface area contributed by atoms with E-state index in [9.17, 15) is 0 Å². The van der Waals surface area contributed by atoms with Gasteiger partial charge in [-0.05, 0) is 33.1 Å². The highest BCUT2D eigenvalue weighted by atomic mass is 16.5. The van der Waals surface area contributed by atoms with Gasteiger partial charge in [-0.15, -0.1) is 0 Å². The van der Waals surface area contributed by atoms with Crippen LogP contribution >= 0.6 is 0 Å². The van der Waals surface area contributed by atoms with Gasteiger partial charge in [-0.1, -0.05) is 26.7 Å². The van der Waals surface area contributed by atoms with Crippen molar-refractivity contribution in [2.24, 2.45) is 16.6 Å². The Morgan fingerprint density at radius 2 is 1.89 bits per heavy atom. The van der Waals surface area contributed by atoms with Crippen molar-refractivity contribution >= 4 is 5.96 Å². The number of hydrogen-bond donors (Lipinski definition) is 2. The number of nitrogens with one attached hydrogen (secondary N) is 1. The minimum atomic E-state index is -0.257. The normalized spacial score (nSPS) is 14.9. The Hall–Kier alpha value is -0.770. The zero-order valence-corrected chi connectivity index (χ0v) is 12.9. The molecular formula is C14H31N3O. The fourth-order valence-electron chi connectivity index (χ4n) is 1.54. The van der Waals surface area contributed by atoms with Crippen LogP contribution in [0.1, 0.15) is 53.9 Å². The highest BCUT2D eigenvalue weighted by Gasteiger charge is 2.15. The van der Waals surface area contributed by atoms with Gasteiger partial charge in [0.15, 0.2) is 5.96 Å². The number of guanidine groups is 1. The lowest BCUT2D eigenvalue weighted by atomic mass is 10.0. The van der Waals surface area contributed by atoms with Crippen LogP contribution in [0.15, 0.2) is 4.99 Å². The summed E-state index contributed by atoms with van der Waals surface area (Å²) < 4.78 is 5.29. The molecule has 0 aliphatic heterocycles. The molecule has 0 aromatic carbocycles. The van der Waals surface area contributed by atoms with E-state index < -0.39 is 0 Å². The van der Waals surface area contributed by atoms with Crippen LogP contribution in [0, 0.1) is 5.92 Å². The fraction of sp³-hybridized carbons (Fsp3) is 0.929. The minimum Gasteiger partial charge on any atom is -0.377 e. The number of methoxy groups -OCH3 is 1. The first-order valence-corrected chi connectivity index (χ1v) is 6.88. The molecule has 1 unspecified atom stereocenters. The first kappa shape index (κ1) is 17.2. The SMILES string of the molecule is COC(C)(C)CN=C(N)NC(C)CCCC(C)C. The molecule has 4 nitrogen and oxygen atoms in total. The Labute approximate surface area is 112 Å². The first-order chi connectivity index (χ1) is 8.26. The van der Waals surface area contributed by atoms with Crippen molar-refractivity contribution in [1.82, 2.24) is 5.32 Å². The maximum atomic E-state index is 5.85. The molecule has 0 aliphatic rings. The van der Waals surface area contributed by atoms with Crippen molar-refractivity contribution in [3.8, 4) is 0 Å². The maximum Gasteiger partial charge on any atom is 0.188 e. The van der Waals surface area contributed by atoms with E-state index in [0.717, 1.165) is 12.3 Å². The lowest BCUT2D eigenvalue weighted by Gasteiger charge is -2.21. The van der Waals surface area contributed by atoms with Crippen LogP contribution in [0.2, 0.25) is 0 Å². The number of rotatable bonds is 8. The van der Waals surface area contributed by atoms with Gasteiger partial charge < -0.3 is 15.8 Å². The molecule has 0 fully saturated rings. The Morgan fingerprint density at radius 1 is 1.28 bits per heavy atom. The van der Waals surface area contributed by atoms with Crippen molar-refractivity contribution in [1.29, 1.82) is 0 Å². The third-order valence-corrected chi connectivity index (χ3v) is 3.00. The molecule has 3 N–H and O–H groups in total. The van der Waals surface area contributed by atoms with E-state index in [1.165, 1.54) is 12.8 Å². The van der Waals surface area contributed by atoms with E-state index in [1.807, 2.05) is 13.8 Å². The van der Waals surface area contributed by atoms with Crippen molar-refractivity contribution in [3.63, 3.8) is 0 Å². The molecule has 108 valence electrons. The molecule has 0 aromatic rings. The first-order valence-electron chi connectivity index (χ1n) is 6.88. The lowest BCUT2D eigenvalue weighted by Crippen LogP contribution is -2.40. The van der Waals surface area contributed by atoms with Gasteiger partial charge in [0.1, 0.15) is 0 Å². The summed E-state index contributed by atoms with van der Waals surface area (Å²) in [6.45, 7) is 11.2. The maximum absolute atomic E-state index is 5.85. The molecular weight excluding hydrogens is 226 g/mol. The summed E-state index contributed by atoms with van der Waals surface area (Å²) in [7, 11) is 1.69. The second-order valence-electron chi connectivity index (χ2n) is 6.04. The summed E-state index contributed by atoms with van der Waals surface area (Å²) in [5.41, 5.74) is 5.59. The molecule has 0 spiro atoms. The topological polar surface area (TPSA) is 59.6 Å². The summed E-state index contributed by atoms with van der Waals surface area (Å²) in [4.78, 5) is 4.31. The molecule has 0 saturated carbocycles. The molecule has 0 bridgehead atoms. The van der Waals surface area contributed by atoms with Crippen molar-refractivity contribution in [3.05, 3.63) is 0 Å². The van der Waals surface area contributed by atoms with Gasteiger partial charge in [0.25, 0.3) is 0 Å². The smallest absolute Gasteiger partial charge is 0.188 e. The van der Waals surface area contributed by atoms with E-state index in [0.29, 0.717) is 18.5 Å². The zero-order valence-electron chi connectivity index (χ0n) is 12.9. The number of aliphatic imine (C=N–C) groups is 1. The van der Waals surface area contributed by atoms with Crippen LogP contribution in [0.3, 0.4) is 0 Å². The zero-order chi connectivity index (χ0) is 14.2. The monoisotopic (exact) mass is 257 g/mol. The summed E-state index contributed by atoms with van der Waals surface area (Å²) in [6, 6.07) is 0.373. The lowest BCUT2D eigenvalue weighted by molar-refractivity contribution is 0.0311.